The fraction of sp³-hybridized carbons (Fsp3) is 0.625. The second-order valence-electron chi connectivity index (χ2n) is 5.61. The fourth-order valence-electron chi connectivity index (χ4n) is 2.67. The monoisotopic (exact) mass is 246 g/mol. The second-order valence-corrected chi connectivity index (χ2v) is 5.61. The van der Waals surface area contributed by atoms with Gasteiger partial charge in [-0.1, -0.05) is 50.6 Å². The molecule has 1 aliphatic heterocycles. The SMILES string of the molecule is CCC(C)CN1CCNC(Cc2ccccc2)C1. The molecule has 2 rings (SSSR count). The van der Waals surface area contributed by atoms with Crippen LogP contribution in [0.5, 0.6) is 0 Å². The largest absolute Gasteiger partial charge is 0.311 e. The molecule has 1 heterocycles. The lowest BCUT2D eigenvalue weighted by Crippen LogP contribution is -2.52. The summed E-state index contributed by atoms with van der Waals surface area (Å²) in [6, 6.07) is 11.4. The Morgan fingerprint density at radius 3 is 2.83 bits per heavy atom. The van der Waals surface area contributed by atoms with Gasteiger partial charge in [0.05, 0.1) is 0 Å². The Morgan fingerprint density at radius 2 is 2.11 bits per heavy atom. The number of nitrogens with zero attached hydrogens (tertiary/aromatic N) is 1. The maximum atomic E-state index is 3.65. The minimum Gasteiger partial charge on any atom is -0.311 e. The molecule has 0 amide bonds. The lowest BCUT2D eigenvalue weighted by Gasteiger charge is -2.35. The highest BCUT2D eigenvalue weighted by atomic mass is 15.2. The summed E-state index contributed by atoms with van der Waals surface area (Å²) in [6.07, 6.45) is 2.44. The molecule has 2 nitrogen and oxygen atoms in total. The van der Waals surface area contributed by atoms with E-state index in [0.717, 1.165) is 18.9 Å². The van der Waals surface area contributed by atoms with Crippen molar-refractivity contribution in [3.63, 3.8) is 0 Å². The third-order valence-electron chi connectivity index (χ3n) is 3.93. The smallest absolute Gasteiger partial charge is 0.0235 e. The minimum atomic E-state index is 0.616. The van der Waals surface area contributed by atoms with Gasteiger partial charge in [0.25, 0.3) is 0 Å². The number of piperazine rings is 1. The molecule has 0 radical (unpaired) electrons. The van der Waals surface area contributed by atoms with E-state index in [4.69, 9.17) is 0 Å². The highest BCUT2D eigenvalue weighted by Crippen LogP contribution is 2.10. The number of benzene rings is 1. The Bertz CT molecular complexity index is 336. The van der Waals surface area contributed by atoms with Crippen molar-refractivity contribution in [2.75, 3.05) is 26.2 Å². The highest BCUT2D eigenvalue weighted by Gasteiger charge is 2.20. The molecule has 1 aromatic rings. The molecule has 1 saturated heterocycles. The number of hydrogen-bond donors (Lipinski definition) is 1. The third kappa shape index (κ3) is 4.11. The molecule has 100 valence electrons. The Kier molecular flexibility index (Phi) is 5.21. The van der Waals surface area contributed by atoms with Crippen LogP contribution in [0.2, 0.25) is 0 Å². The van der Waals surface area contributed by atoms with Gasteiger partial charge >= 0.3 is 0 Å². The summed E-state index contributed by atoms with van der Waals surface area (Å²) < 4.78 is 0. The van der Waals surface area contributed by atoms with E-state index in [0.29, 0.717) is 6.04 Å². The van der Waals surface area contributed by atoms with E-state index in [-0.39, 0.29) is 0 Å². The van der Waals surface area contributed by atoms with Crippen LogP contribution in [0.15, 0.2) is 30.3 Å². The Labute approximate surface area is 111 Å². The molecule has 0 aliphatic carbocycles. The molecule has 1 aliphatic rings. The van der Waals surface area contributed by atoms with E-state index in [1.165, 1.54) is 31.6 Å². The zero-order valence-corrected chi connectivity index (χ0v) is 11.7. The van der Waals surface area contributed by atoms with E-state index < -0.39 is 0 Å². The molecule has 0 bridgehead atoms. The molecule has 1 N–H and O–H groups in total. The van der Waals surface area contributed by atoms with E-state index in [2.05, 4.69) is 54.4 Å². The van der Waals surface area contributed by atoms with E-state index in [1.807, 2.05) is 0 Å². The van der Waals surface area contributed by atoms with Crippen LogP contribution in [0.4, 0.5) is 0 Å². The summed E-state index contributed by atoms with van der Waals surface area (Å²) in [5.41, 5.74) is 1.44. The zero-order valence-electron chi connectivity index (χ0n) is 11.7. The first-order valence-electron chi connectivity index (χ1n) is 7.27. The van der Waals surface area contributed by atoms with Crippen LogP contribution >= 0.6 is 0 Å². The highest BCUT2D eigenvalue weighted by molar-refractivity contribution is 5.16. The standard InChI is InChI=1S/C16H26N2/c1-3-14(2)12-18-10-9-17-16(13-18)11-15-7-5-4-6-8-15/h4-8,14,16-17H,3,9-13H2,1-2H3. The third-order valence-corrected chi connectivity index (χ3v) is 3.93. The summed E-state index contributed by atoms with van der Waals surface area (Å²) in [5, 5.41) is 3.65. The predicted molar refractivity (Wildman–Crippen MR) is 77.8 cm³/mol. The van der Waals surface area contributed by atoms with Crippen molar-refractivity contribution in [2.24, 2.45) is 5.92 Å². The van der Waals surface area contributed by atoms with Gasteiger partial charge in [0.2, 0.25) is 0 Å². The zero-order chi connectivity index (χ0) is 12.8. The van der Waals surface area contributed by atoms with Gasteiger partial charge in [0.1, 0.15) is 0 Å². The summed E-state index contributed by atoms with van der Waals surface area (Å²) >= 11 is 0. The van der Waals surface area contributed by atoms with Gasteiger partial charge in [0, 0.05) is 32.2 Å². The van der Waals surface area contributed by atoms with Crippen molar-refractivity contribution in [2.45, 2.75) is 32.7 Å². The van der Waals surface area contributed by atoms with Crippen LogP contribution in [0.3, 0.4) is 0 Å². The molecule has 0 saturated carbocycles. The summed E-state index contributed by atoms with van der Waals surface area (Å²) in [4.78, 5) is 2.62. The van der Waals surface area contributed by atoms with Gasteiger partial charge in [-0.25, -0.2) is 0 Å². The molecule has 2 unspecified atom stereocenters. The molecule has 2 atom stereocenters. The average Bonchev–Trinajstić information content (AvgIpc) is 2.40. The van der Waals surface area contributed by atoms with Gasteiger partial charge in [-0.2, -0.15) is 0 Å². The summed E-state index contributed by atoms with van der Waals surface area (Å²) in [7, 11) is 0. The first kappa shape index (κ1) is 13.6. The van der Waals surface area contributed by atoms with Crippen molar-refractivity contribution in [1.82, 2.24) is 10.2 Å². The van der Waals surface area contributed by atoms with Crippen LogP contribution in [0.1, 0.15) is 25.8 Å². The van der Waals surface area contributed by atoms with Crippen molar-refractivity contribution >= 4 is 0 Å². The minimum absolute atomic E-state index is 0.616. The van der Waals surface area contributed by atoms with Crippen LogP contribution in [0, 0.1) is 5.92 Å². The first-order valence-corrected chi connectivity index (χ1v) is 7.27. The number of hydrogen-bond acceptors (Lipinski definition) is 2. The predicted octanol–water partition coefficient (Wildman–Crippen LogP) is 2.55. The quantitative estimate of drug-likeness (QED) is 0.859. The van der Waals surface area contributed by atoms with Gasteiger partial charge in [-0.3, -0.25) is 0 Å². The van der Waals surface area contributed by atoms with Crippen LogP contribution in [-0.2, 0) is 6.42 Å². The van der Waals surface area contributed by atoms with Gasteiger partial charge in [-0.15, -0.1) is 0 Å². The molecule has 0 spiro atoms. The van der Waals surface area contributed by atoms with Gasteiger partial charge in [-0.05, 0) is 17.9 Å². The molecule has 0 aromatic heterocycles. The molecule has 18 heavy (non-hydrogen) atoms. The molecule has 2 heteroatoms. The topological polar surface area (TPSA) is 15.3 Å². The summed E-state index contributed by atoms with van der Waals surface area (Å²) in [5.74, 6) is 0.820. The van der Waals surface area contributed by atoms with E-state index in [9.17, 15) is 0 Å². The Hall–Kier alpha value is -0.860. The number of rotatable bonds is 5. The number of nitrogens with one attached hydrogen (secondary N) is 1. The van der Waals surface area contributed by atoms with Crippen molar-refractivity contribution in [3.8, 4) is 0 Å². The molecular formula is C16H26N2. The van der Waals surface area contributed by atoms with E-state index in [1.54, 1.807) is 0 Å². The van der Waals surface area contributed by atoms with Gasteiger partial charge in [0.15, 0.2) is 0 Å². The molecule has 1 fully saturated rings. The van der Waals surface area contributed by atoms with Crippen molar-refractivity contribution in [1.29, 1.82) is 0 Å². The van der Waals surface area contributed by atoms with Crippen molar-refractivity contribution < 1.29 is 0 Å². The Balaban J connectivity index is 1.83. The lowest BCUT2D eigenvalue weighted by atomic mass is 10.0. The van der Waals surface area contributed by atoms with Gasteiger partial charge < -0.3 is 10.2 Å². The average molecular weight is 246 g/mol. The molecular weight excluding hydrogens is 220 g/mol. The lowest BCUT2D eigenvalue weighted by molar-refractivity contribution is 0.175. The second kappa shape index (κ2) is 6.91. The summed E-state index contributed by atoms with van der Waals surface area (Å²) in [6.45, 7) is 9.43. The first-order chi connectivity index (χ1) is 8.78. The molecule has 1 aromatic carbocycles. The Morgan fingerprint density at radius 1 is 1.33 bits per heavy atom. The maximum Gasteiger partial charge on any atom is 0.0235 e. The maximum absolute atomic E-state index is 3.65. The van der Waals surface area contributed by atoms with Crippen LogP contribution in [0.25, 0.3) is 0 Å². The van der Waals surface area contributed by atoms with Crippen LogP contribution in [-0.4, -0.2) is 37.1 Å². The van der Waals surface area contributed by atoms with Crippen LogP contribution < -0.4 is 5.32 Å². The fourth-order valence-corrected chi connectivity index (χ4v) is 2.67. The normalized spacial score (nSPS) is 22.9. The van der Waals surface area contributed by atoms with E-state index >= 15 is 0 Å². The van der Waals surface area contributed by atoms with Crippen molar-refractivity contribution in [3.05, 3.63) is 35.9 Å².